The number of imidazole rings is 1. The van der Waals surface area contributed by atoms with Gasteiger partial charge in [0.1, 0.15) is 18.1 Å². The van der Waals surface area contributed by atoms with Gasteiger partial charge in [-0.25, -0.2) is 9.78 Å². The van der Waals surface area contributed by atoms with Crippen LogP contribution in [-0.4, -0.2) is 81.9 Å². The standard InChI is InChI=1S/C21H34N8O6/c22-6-2-1-4-14(21(34)35)27-19(32)15(8-12-10-24-11-26-12)28-20(33)16(9-17(23)30)29-18(31)13-5-3-7-25-13/h10-11,13-16,25H,1-9,22H2,(H2,23,30)(H,24,26)(H,27,32)(H,28,33)(H,29,31)(H,34,35). The molecule has 0 radical (unpaired) electrons. The first-order chi connectivity index (χ1) is 16.7. The number of aromatic amines is 1. The van der Waals surface area contributed by atoms with E-state index >= 15 is 0 Å². The van der Waals surface area contributed by atoms with E-state index < -0.39 is 60.2 Å². The molecule has 1 aromatic rings. The van der Waals surface area contributed by atoms with Crippen molar-refractivity contribution in [1.82, 2.24) is 31.2 Å². The first-order valence-electron chi connectivity index (χ1n) is 11.5. The third-order valence-electron chi connectivity index (χ3n) is 5.59. The number of nitrogens with two attached hydrogens (primary N) is 2. The molecule has 2 heterocycles. The third-order valence-corrected chi connectivity index (χ3v) is 5.59. The van der Waals surface area contributed by atoms with Gasteiger partial charge in [0, 0.05) is 18.3 Å². The van der Waals surface area contributed by atoms with E-state index in [1.807, 2.05) is 0 Å². The Kier molecular flexibility index (Phi) is 11.1. The molecule has 1 saturated heterocycles. The lowest BCUT2D eigenvalue weighted by atomic mass is 10.1. The molecule has 10 N–H and O–H groups in total. The normalized spacial score (nSPS) is 17.7. The van der Waals surface area contributed by atoms with Crippen molar-refractivity contribution in [3.8, 4) is 0 Å². The van der Waals surface area contributed by atoms with Crippen molar-refractivity contribution in [1.29, 1.82) is 0 Å². The van der Waals surface area contributed by atoms with Crippen LogP contribution < -0.4 is 32.7 Å². The van der Waals surface area contributed by atoms with E-state index in [2.05, 4.69) is 31.2 Å². The second-order valence-electron chi connectivity index (χ2n) is 8.41. The highest BCUT2D eigenvalue weighted by Gasteiger charge is 2.32. The van der Waals surface area contributed by atoms with E-state index in [1.165, 1.54) is 12.5 Å². The van der Waals surface area contributed by atoms with Gasteiger partial charge in [-0.05, 0) is 45.2 Å². The number of hydrogen-bond donors (Lipinski definition) is 8. The molecule has 1 aliphatic heterocycles. The molecule has 0 bridgehead atoms. The Morgan fingerprint density at radius 3 is 2.37 bits per heavy atom. The first kappa shape index (κ1) is 27.7. The summed E-state index contributed by atoms with van der Waals surface area (Å²) in [6, 6.07) is -4.19. The molecule has 0 saturated carbocycles. The van der Waals surface area contributed by atoms with Crippen molar-refractivity contribution in [3.05, 3.63) is 18.2 Å². The zero-order valence-corrected chi connectivity index (χ0v) is 19.4. The fourth-order valence-electron chi connectivity index (χ4n) is 3.71. The Morgan fingerprint density at radius 1 is 1.09 bits per heavy atom. The van der Waals surface area contributed by atoms with Crippen molar-refractivity contribution in [2.45, 2.75) is 69.1 Å². The van der Waals surface area contributed by atoms with Gasteiger partial charge >= 0.3 is 5.97 Å². The molecule has 1 fully saturated rings. The molecule has 2 rings (SSSR count). The highest BCUT2D eigenvalue weighted by Crippen LogP contribution is 2.07. The van der Waals surface area contributed by atoms with Crippen LogP contribution in [0.5, 0.6) is 0 Å². The molecule has 1 aliphatic rings. The predicted molar refractivity (Wildman–Crippen MR) is 123 cm³/mol. The summed E-state index contributed by atoms with van der Waals surface area (Å²) in [4.78, 5) is 68.4. The number of carbonyl (C=O) groups is 5. The lowest BCUT2D eigenvalue weighted by Gasteiger charge is -2.24. The molecule has 1 aromatic heterocycles. The number of nitrogens with zero attached hydrogens (tertiary/aromatic N) is 1. The average molecular weight is 495 g/mol. The summed E-state index contributed by atoms with van der Waals surface area (Å²) in [5, 5.41) is 19.9. The van der Waals surface area contributed by atoms with Crippen LogP contribution in [0, 0.1) is 0 Å². The molecule has 194 valence electrons. The third kappa shape index (κ3) is 9.33. The van der Waals surface area contributed by atoms with E-state index in [0.29, 0.717) is 38.0 Å². The van der Waals surface area contributed by atoms with E-state index in [1.54, 1.807) is 0 Å². The Balaban J connectivity index is 2.13. The second-order valence-corrected chi connectivity index (χ2v) is 8.41. The molecular formula is C21H34N8O6. The SMILES string of the molecule is NCCCCC(NC(=O)C(Cc1cnc[nH]1)NC(=O)C(CC(N)=O)NC(=O)C1CCCN1)C(=O)O. The van der Waals surface area contributed by atoms with E-state index in [4.69, 9.17) is 11.5 Å². The van der Waals surface area contributed by atoms with E-state index in [0.717, 1.165) is 6.42 Å². The number of aromatic nitrogens is 2. The molecular weight excluding hydrogens is 460 g/mol. The summed E-state index contributed by atoms with van der Waals surface area (Å²) >= 11 is 0. The number of primary amides is 1. The number of hydrogen-bond acceptors (Lipinski definition) is 8. The molecule has 14 heteroatoms. The van der Waals surface area contributed by atoms with Gasteiger partial charge in [-0.3, -0.25) is 19.2 Å². The van der Waals surface area contributed by atoms with Gasteiger partial charge in [0.2, 0.25) is 23.6 Å². The lowest BCUT2D eigenvalue weighted by molar-refractivity contribution is -0.142. The maximum atomic E-state index is 13.0. The summed E-state index contributed by atoms with van der Waals surface area (Å²) in [6.45, 7) is 1.05. The molecule has 0 spiro atoms. The van der Waals surface area contributed by atoms with Gasteiger partial charge in [-0.2, -0.15) is 0 Å². The van der Waals surface area contributed by atoms with Crippen molar-refractivity contribution in [2.24, 2.45) is 11.5 Å². The maximum Gasteiger partial charge on any atom is 0.326 e. The molecule has 4 atom stereocenters. The molecule has 4 unspecified atom stereocenters. The van der Waals surface area contributed by atoms with Gasteiger partial charge < -0.3 is 42.8 Å². The number of nitrogens with one attached hydrogen (secondary N) is 5. The largest absolute Gasteiger partial charge is 0.480 e. The first-order valence-corrected chi connectivity index (χ1v) is 11.5. The minimum absolute atomic E-state index is 0.0336. The molecule has 0 aliphatic carbocycles. The van der Waals surface area contributed by atoms with Crippen LogP contribution >= 0.6 is 0 Å². The smallest absolute Gasteiger partial charge is 0.326 e. The van der Waals surface area contributed by atoms with Gasteiger partial charge in [0.15, 0.2) is 0 Å². The van der Waals surface area contributed by atoms with Crippen LogP contribution in [0.25, 0.3) is 0 Å². The van der Waals surface area contributed by atoms with Gasteiger partial charge in [-0.15, -0.1) is 0 Å². The lowest BCUT2D eigenvalue weighted by Crippen LogP contribution is -2.58. The van der Waals surface area contributed by atoms with Crippen LogP contribution in [0.1, 0.15) is 44.2 Å². The summed E-state index contributed by atoms with van der Waals surface area (Å²) in [7, 11) is 0. The number of aliphatic carboxylic acids is 1. The van der Waals surface area contributed by atoms with E-state index in [-0.39, 0.29) is 12.8 Å². The fraction of sp³-hybridized carbons (Fsp3) is 0.619. The van der Waals surface area contributed by atoms with Crippen LogP contribution in [-0.2, 0) is 30.4 Å². The minimum Gasteiger partial charge on any atom is -0.480 e. The number of carboxylic acid groups (broad SMARTS) is 1. The number of unbranched alkanes of at least 4 members (excludes halogenated alkanes) is 1. The molecule has 4 amide bonds. The zero-order chi connectivity index (χ0) is 25.8. The Morgan fingerprint density at radius 2 is 1.80 bits per heavy atom. The second kappa shape index (κ2) is 14.0. The Bertz CT molecular complexity index is 871. The monoisotopic (exact) mass is 494 g/mol. The molecule has 0 aromatic carbocycles. The number of amides is 4. The van der Waals surface area contributed by atoms with Gasteiger partial charge in [0.25, 0.3) is 0 Å². The number of H-pyrrole nitrogens is 1. The Hall–Kier alpha value is -3.52. The minimum atomic E-state index is -1.31. The number of carbonyl (C=O) groups excluding carboxylic acids is 4. The van der Waals surface area contributed by atoms with Gasteiger partial charge in [-0.1, -0.05) is 0 Å². The van der Waals surface area contributed by atoms with Crippen LogP contribution in [0.3, 0.4) is 0 Å². The molecule has 35 heavy (non-hydrogen) atoms. The van der Waals surface area contributed by atoms with E-state index in [9.17, 15) is 29.1 Å². The summed E-state index contributed by atoms with van der Waals surface area (Å²) in [6.07, 6.45) is 4.98. The quantitative estimate of drug-likeness (QED) is 0.118. The highest BCUT2D eigenvalue weighted by atomic mass is 16.4. The molecule has 14 nitrogen and oxygen atoms in total. The topological polar surface area (TPSA) is 234 Å². The predicted octanol–water partition coefficient (Wildman–Crippen LogP) is -2.75. The fourth-order valence-corrected chi connectivity index (χ4v) is 3.71. The van der Waals surface area contributed by atoms with Crippen LogP contribution in [0.4, 0.5) is 0 Å². The van der Waals surface area contributed by atoms with Crippen LogP contribution in [0.15, 0.2) is 12.5 Å². The number of rotatable bonds is 15. The summed E-state index contributed by atoms with van der Waals surface area (Å²) < 4.78 is 0. The Labute approximate surface area is 202 Å². The zero-order valence-electron chi connectivity index (χ0n) is 19.4. The van der Waals surface area contributed by atoms with Gasteiger partial charge in [0.05, 0.1) is 18.8 Å². The van der Waals surface area contributed by atoms with Crippen molar-refractivity contribution in [2.75, 3.05) is 13.1 Å². The van der Waals surface area contributed by atoms with Crippen molar-refractivity contribution >= 4 is 29.6 Å². The van der Waals surface area contributed by atoms with Crippen molar-refractivity contribution in [3.63, 3.8) is 0 Å². The maximum absolute atomic E-state index is 13.0. The number of carboxylic acids is 1. The van der Waals surface area contributed by atoms with Crippen molar-refractivity contribution < 1.29 is 29.1 Å². The average Bonchev–Trinajstić information content (AvgIpc) is 3.51. The summed E-state index contributed by atoms with van der Waals surface area (Å²) in [5.74, 6) is -4.03. The van der Waals surface area contributed by atoms with Crippen LogP contribution in [0.2, 0.25) is 0 Å². The highest BCUT2D eigenvalue weighted by molar-refractivity contribution is 5.96. The summed E-state index contributed by atoms with van der Waals surface area (Å²) in [5.41, 5.74) is 11.2.